The summed E-state index contributed by atoms with van der Waals surface area (Å²) in [5.74, 6) is 0. The fraction of sp³-hybridized carbons (Fsp3) is 0.321. The molecule has 2 aliphatic rings. The highest BCUT2D eigenvalue weighted by atomic mass is 16.8. The smallest absolute Gasteiger partial charge is 0.187 e. The van der Waals surface area contributed by atoms with Gasteiger partial charge in [-0.15, -0.1) is 0 Å². The van der Waals surface area contributed by atoms with E-state index in [-0.39, 0.29) is 33.0 Å². The van der Waals surface area contributed by atoms with Crippen molar-refractivity contribution in [1.82, 2.24) is 0 Å². The number of benzene rings is 6. The van der Waals surface area contributed by atoms with E-state index >= 15 is 0 Å². The predicted molar refractivity (Wildman–Crippen MR) is 237 cm³/mol. The van der Waals surface area contributed by atoms with E-state index in [0.717, 1.165) is 33.4 Å². The second-order valence-corrected chi connectivity index (χ2v) is 15.8. The summed E-state index contributed by atoms with van der Waals surface area (Å²) in [4.78, 5) is 0. The second-order valence-electron chi connectivity index (χ2n) is 15.8. The Morgan fingerprint density at radius 3 is 1.21 bits per heavy atom. The summed E-state index contributed by atoms with van der Waals surface area (Å²) >= 11 is 0. The Balaban J connectivity index is 1.09. The molecular formula is C53H56O10. The van der Waals surface area contributed by atoms with E-state index < -0.39 is 55.3 Å². The van der Waals surface area contributed by atoms with Crippen molar-refractivity contribution in [3.05, 3.63) is 215 Å². The van der Waals surface area contributed by atoms with Crippen molar-refractivity contribution in [2.45, 2.75) is 94.9 Å². The van der Waals surface area contributed by atoms with Crippen molar-refractivity contribution < 1.29 is 47.7 Å². The second kappa shape index (κ2) is 23.6. The van der Waals surface area contributed by atoms with E-state index in [1.807, 2.05) is 182 Å². The van der Waals surface area contributed by atoms with Crippen LogP contribution in [0, 0.1) is 0 Å². The molecule has 0 bridgehead atoms. The Bertz CT molecular complexity index is 2150. The van der Waals surface area contributed by atoms with Gasteiger partial charge in [0.05, 0.1) is 52.9 Å². The molecule has 2 heterocycles. The SMILES string of the molecule is O[C@@H]1O[C@@H]([C@H](COCc2ccccc2)O[C@@H]2O[C@H](COCc3ccccc3)[C@@H](OCc3ccccc3)[C@H]2OCc2ccccc2)[C@H](OCc2ccccc2)[C@H]1OCc1ccccc1. The molecule has 0 unspecified atom stereocenters. The van der Waals surface area contributed by atoms with Crippen molar-refractivity contribution >= 4 is 0 Å². The van der Waals surface area contributed by atoms with E-state index in [1.54, 1.807) is 0 Å². The minimum Gasteiger partial charge on any atom is -0.374 e. The molecule has 10 heteroatoms. The van der Waals surface area contributed by atoms with Gasteiger partial charge >= 0.3 is 0 Å². The quantitative estimate of drug-likeness (QED) is 0.0675. The molecule has 8 rings (SSSR count). The zero-order valence-electron chi connectivity index (χ0n) is 35.3. The highest BCUT2D eigenvalue weighted by Crippen LogP contribution is 2.35. The van der Waals surface area contributed by atoms with Crippen molar-refractivity contribution in [1.29, 1.82) is 0 Å². The molecule has 2 saturated heterocycles. The first kappa shape index (κ1) is 44.5. The average Bonchev–Trinajstić information content (AvgIpc) is 3.84. The summed E-state index contributed by atoms with van der Waals surface area (Å²) in [5, 5.41) is 11.6. The molecule has 1 N–H and O–H groups in total. The van der Waals surface area contributed by atoms with Crippen LogP contribution in [0.1, 0.15) is 33.4 Å². The van der Waals surface area contributed by atoms with Crippen LogP contribution < -0.4 is 0 Å². The molecule has 6 aromatic carbocycles. The third-order valence-electron chi connectivity index (χ3n) is 11.1. The molecule has 2 aliphatic heterocycles. The molecule has 0 spiro atoms. The maximum absolute atomic E-state index is 11.6. The fourth-order valence-electron chi connectivity index (χ4n) is 7.83. The van der Waals surface area contributed by atoms with Crippen LogP contribution >= 0.6 is 0 Å². The standard InChI is InChI=1S/C53H56O10/c54-52-50(59-35-43-27-15-5-16-28-43)49(58-34-42-25-13-4-14-26-42)48(63-52)46(38-56-32-40-21-9-2-10-22-40)62-53-51(60-36-44-29-17-6-18-30-44)47(57-33-41-23-11-3-12-24-41)45(61-53)37-55-31-39-19-7-1-8-20-39/h1-30,45-54H,31-38H2/t45-,46+,47-,48+,49+,50-,51-,52-,53+/m1/s1. The number of ether oxygens (including phenoxy) is 9. The molecule has 10 nitrogen and oxygen atoms in total. The maximum Gasteiger partial charge on any atom is 0.187 e. The number of hydrogen-bond acceptors (Lipinski definition) is 10. The minimum absolute atomic E-state index is 0.0683. The summed E-state index contributed by atoms with van der Waals surface area (Å²) in [6.07, 6.45) is -7.48. The monoisotopic (exact) mass is 852 g/mol. The summed E-state index contributed by atoms with van der Waals surface area (Å²) in [6, 6.07) is 59.6. The Morgan fingerprint density at radius 1 is 0.397 bits per heavy atom. The van der Waals surface area contributed by atoms with Gasteiger partial charge in [0, 0.05) is 0 Å². The third-order valence-corrected chi connectivity index (χ3v) is 11.1. The van der Waals surface area contributed by atoms with E-state index in [4.69, 9.17) is 42.6 Å². The van der Waals surface area contributed by atoms with Gasteiger partial charge in [0.2, 0.25) is 0 Å². The maximum atomic E-state index is 11.6. The van der Waals surface area contributed by atoms with Gasteiger partial charge in [-0.2, -0.15) is 0 Å². The summed E-state index contributed by atoms with van der Waals surface area (Å²) in [5.41, 5.74) is 5.94. The lowest BCUT2D eigenvalue weighted by molar-refractivity contribution is -0.247. The molecule has 6 aromatic rings. The van der Waals surface area contributed by atoms with Crippen molar-refractivity contribution in [3.63, 3.8) is 0 Å². The Hall–Kier alpha value is -5.08. The normalized spacial score (nSPS) is 23.8. The molecular weight excluding hydrogens is 797 g/mol. The van der Waals surface area contributed by atoms with Crippen LogP contribution in [0.25, 0.3) is 0 Å². The molecule has 328 valence electrons. The van der Waals surface area contributed by atoms with Gasteiger partial charge in [-0.1, -0.05) is 182 Å². The molecule has 0 aliphatic carbocycles. The van der Waals surface area contributed by atoms with Crippen LogP contribution in [0.2, 0.25) is 0 Å². The summed E-state index contributed by atoms with van der Waals surface area (Å²) in [7, 11) is 0. The van der Waals surface area contributed by atoms with E-state index in [1.165, 1.54) is 0 Å². The van der Waals surface area contributed by atoms with Crippen LogP contribution in [0.15, 0.2) is 182 Å². The largest absolute Gasteiger partial charge is 0.374 e. The van der Waals surface area contributed by atoms with Crippen LogP contribution in [-0.4, -0.2) is 73.6 Å². The molecule has 0 amide bonds. The molecule has 0 saturated carbocycles. The van der Waals surface area contributed by atoms with Crippen molar-refractivity contribution in [3.8, 4) is 0 Å². The zero-order chi connectivity index (χ0) is 42.9. The first-order valence-electron chi connectivity index (χ1n) is 21.7. The summed E-state index contributed by atoms with van der Waals surface area (Å²) < 4.78 is 59.7. The lowest BCUT2D eigenvalue weighted by atomic mass is 10.0. The lowest BCUT2D eigenvalue weighted by Gasteiger charge is -2.32. The van der Waals surface area contributed by atoms with Crippen molar-refractivity contribution in [2.75, 3.05) is 13.2 Å². The van der Waals surface area contributed by atoms with Gasteiger partial charge < -0.3 is 47.7 Å². The van der Waals surface area contributed by atoms with Gasteiger partial charge in [-0.05, 0) is 33.4 Å². The van der Waals surface area contributed by atoms with Crippen LogP contribution in [0.3, 0.4) is 0 Å². The van der Waals surface area contributed by atoms with Gasteiger partial charge in [-0.3, -0.25) is 0 Å². The Morgan fingerprint density at radius 2 is 0.762 bits per heavy atom. The average molecular weight is 853 g/mol. The summed E-state index contributed by atoms with van der Waals surface area (Å²) in [6.45, 7) is 2.08. The Labute approximate surface area is 370 Å². The molecule has 0 aromatic heterocycles. The number of aliphatic hydroxyl groups is 1. The van der Waals surface area contributed by atoms with Gasteiger partial charge in [0.1, 0.15) is 42.7 Å². The van der Waals surface area contributed by atoms with Crippen LogP contribution in [0.4, 0.5) is 0 Å². The van der Waals surface area contributed by atoms with Gasteiger partial charge in [0.15, 0.2) is 12.6 Å². The molecule has 63 heavy (non-hydrogen) atoms. The van der Waals surface area contributed by atoms with E-state index in [9.17, 15) is 5.11 Å². The zero-order valence-corrected chi connectivity index (χ0v) is 35.3. The highest BCUT2D eigenvalue weighted by Gasteiger charge is 2.53. The first-order valence-corrected chi connectivity index (χ1v) is 21.7. The number of rotatable bonds is 23. The molecule has 0 radical (unpaired) electrons. The molecule has 2 fully saturated rings. The van der Waals surface area contributed by atoms with Crippen LogP contribution in [-0.2, 0) is 82.3 Å². The topological polar surface area (TPSA) is 103 Å². The van der Waals surface area contributed by atoms with Crippen LogP contribution in [0.5, 0.6) is 0 Å². The molecule has 9 atom stereocenters. The predicted octanol–water partition coefficient (Wildman–Crippen LogP) is 8.59. The fourth-order valence-corrected chi connectivity index (χ4v) is 7.83. The lowest BCUT2D eigenvalue weighted by Crippen LogP contribution is -2.48. The Kier molecular flexibility index (Phi) is 16.7. The minimum atomic E-state index is -1.32. The first-order chi connectivity index (χ1) is 31.2. The van der Waals surface area contributed by atoms with Gasteiger partial charge in [-0.25, -0.2) is 0 Å². The van der Waals surface area contributed by atoms with E-state index in [0.29, 0.717) is 19.8 Å². The third kappa shape index (κ3) is 13.0. The van der Waals surface area contributed by atoms with E-state index in [2.05, 4.69) is 0 Å². The highest BCUT2D eigenvalue weighted by molar-refractivity contribution is 5.18. The number of hydrogen-bond donors (Lipinski definition) is 1. The van der Waals surface area contributed by atoms with Gasteiger partial charge in [0.25, 0.3) is 0 Å². The number of aliphatic hydroxyl groups excluding tert-OH is 1. The van der Waals surface area contributed by atoms with Crippen molar-refractivity contribution in [2.24, 2.45) is 0 Å².